The van der Waals surface area contributed by atoms with Crippen LogP contribution in [-0.2, 0) is 6.54 Å². The van der Waals surface area contributed by atoms with Gasteiger partial charge in [0.1, 0.15) is 11.5 Å². The van der Waals surface area contributed by atoms with E-state index in [2.05, 4.69) is 20.7 Å². The summed E-state index contributed by atoms with van der Waals surface area (Å²) in [5.74, 6) is 1.43. The highest BCUT2D eigenvalue weighted by molar-refractivity contribution is 6.39. The number of rotatable bonds is 5. The van der Waals surface area contributed by atoms with E-state index < -0.39 is 0 Å². The summed E-state index contributed by atoms with van der Waals surface area (Å²) in [5, 5.41) is 1.12. The molecule has 1 fully saturated rings. The normalized spacial score (nSPS) is 13.8. The minimum absolute atomic E-state index is 0.562. The first-order valence-electron chi connectivity index (χ1n) is 9.31. The van der Waals surface area contributed by atoms with E-state index in [-0.39, 0.29) is 0 Å². The summed E-state index contributed by atoms with van der Waals surface area (Å²) in [6.45, 7) is 1.02. The number of imidazole rings is 2. The molecule has 2 aromatic heterocycles. The number of nitrogens with zero attached hydrogens (tertiary/aromatic N) is 3. The molecule has 2 heterocycles. The van der Waals surface area contributed by atoms with E-state index in [9.17, 15) is 0 Å². The lowest BCUT2D eigenvalue weighted by atomic mass is 10.1. The van der Waals surface area contributed by atoms with Gasteiger partial charge in [-0.2, -0.15) is 0 Å². The highest BCUT2D eigenvalue weighted by Gasteiger charge is 2.23. The summed E-state index contributed by atoms with van der Waals surface area (Å²) < 4.78 is 2.16. The van der Waals surface area contributed by atoms with Crippen LogP contribution in [0.2, 0.25) is 10.0 Å². The Balaban J connectivity index is 1.64. The van der Waals surface area contributed by atoms with Crippen LogP contribution in [0.4, 0.5) is 0 Å². The van der Waals surface area contributed by atoms with Crippen LogP contribution < -0.4 is 0 Å². The highest BCUT2D eigenvalue weighted by atomic mass is 35.5. The molecule has 4 nitrogen and oxygen atoms in total. The molecule has 0 bridgehead atoms. The molecule has 1 aliphatic carbocycles. The van der Waals surface area contributed by atoms with Crippen molar-refractivity contribution in [1.82, 2.24) is 19.5 Å². The number of halogens is 2. The average Bonchev–Trinajstić information content (AvgIpc) is 3.22. The fraction of sp³-hybridized carbons (Fsp3) is 0.182. The van der Waals surface area contributed by atoms with E-state index in [1.54, 1.807) is 0 Å². The van der Waals surface area contributed by atoms with Crippen LogP contribution in [0.5, 0.6) is 0 Å². The second-order valence-electron chi connectivity index (χ2n) is 7.17. The predicted molar refractivity (Wildman–Crippen MR) is 113 cm³/mol. The van der Waals surface area contributed by atoms with Crippen molar-refractivity contribution < 1.29 is 0 Å². The molecule has 140 valence electrons. The van der Waals surface area contributed by atoms with Crippen molar-refractivity contribution in [2.24, 2.45) is 5.92 Å². The monoisotopic (exact) mass is 408 g/mol. The topological polar surface area (TPSA) is 46.5 Å². The standard InChI is InChI=1S/C22H18Cl2N4/c23-16-7-4-8-17(24)19(16)22-26-20(15-5-2-1-3-6-15)21(27-22)18-12-28(13-25-18)11-14-9-10-14/h1-8,12-14H,9-11H2,(H,26,27). The first-order valence-corrected chi connectivity index (χ1v) is 10.1. The fourth-order valence-corrected chi connectivity index (χ4v) is 3.97. The SMILES string of the molecule is Clc1cccc(Cl)c1-c1nc(-c2ccccc2)c(-c2cn(CC3CC3)cn2)[nH]1. The Labute approximate surface area is 173 Å². The number of hydrogen-bond donors (Lipinski definition) is 1. The van der Waals surface area contributed by atoms with Gasteiger partial charge in [0.05, 0.1) is 33.3 Å². The lowest BCUT2D eigenvalue weighted by molar-refractivity contribution is 0.626. The van der Waals surface area contributed by atoms with Gasteiger partial charge in [0.15, 0.2) is 0 Å². The molecular formula is C22H18Cl2N4. The van der Waals surface area contributed by atoms with Gasteiger partial charge in [0.25, 0.3) is 0 Å². The Kier molecular flexibility index (Phi) is 4.46. The maximum Gasteiger partial charge on any atom is 0.141 e. The first-order chi connectivity index (χ1) is 13.7. The lowest BCUT2D eigenvalue weighted by Crippen LogP contribution is -1.95. The summed E-state index contributed by atoms with van der Waals surface area (Å²) >= 11 is 12.8. The van der Waals surface area contributed by atoms with Gasteiger partial charge in [-0.3, -0.25) is 0 Å². The maximum absolute atomic E-state index is 6.42. The van der Waals surface area contributed by atoms with Crippen LogP contribution in [-0.4, -0.2) is 19.5 Å². The zero-order chi connectivity index (χ0) is 19.1. The minimum atomic E-state index is 0.562. The van der Waals surface area contributed by atoms with Crippen LogP contribution in [0.1, 0.15) is 12.8 Å². The third-order valence-electron chi connectivity index (χ3n) is 5.01. The quantitative estimate of drug-likeness (QED) is 0.419. The van der Waals surface area contributed by atoms with Crippen molar-refractivity contribution in [2.45, 2.75) is 19.4 Å². The van der Waals surface area contributed by atoms with Gasteiger partial charge in [-0.05, 0) is 30.9 Å². The zero-order valence-electron chi connectivity index (χ0n) is 15.1. The van der Waals surface area contributed by atoms with E-state index in [1.807, 2.05) is 54.9 Å². The van der Waals surface area contributed by atoms with Crippen molar-refractivity contribution >= 4 is 23.2 Å². The third-order valence-corrected chi connectivity index (χ3v) is 5.64. The molecule has 4 aromatic rings. The van der Waals surface area contributed by atoms with Gasteiger partial charge in [0, 0.05) is 18.3 Å². The van der Waals surface area contributed by atoms with E-state index in [1.165, 1.54) is 12.8 Å². The molecule has 1 aliphatic rings. The van der Waals surface area contributed by atoms with Crippen LogP contribution in [0.25, 0.3) is 34.0 Å². The van der Waals surface area contributed by atoms with Gasteiger partial charge in [-0.1, -0.05) is 59.6 Å². The molecule has 1 N–H and O–H groups in total. The molecule has 28 heavy (non-hydrogen) atoms. The fourth-order valence-electron chi connectivity index (χ4n) is 3.39. The maximum atomic E-state index is 6.42. The van der Waals surface area contributed by atoms with Crippen LogP contribution in [0, 0.1) is 5.92 Å². The van der Waals surface area contributed by atoms with E-state index in [4.69, 9.17) is 28.2 Å². The second-order valence-corrected chi connectivity index (χ2v) is 7.99. The minimum Gasteiger partial charge on any atom is -0.336 e. The Morgan fingerprint density at radius 1 is 1.00 bits per heavy atom. The number of benzene rings is 2. The summed E-state index contributed by atoms with van der Waals surface area (Å²) in [6, 6.07) is 15.5. The lowest BCUT2D eigenvalue weighted by Gasteiger charge is -2.02. The molecule has 0 atom stereocenters. The zero-order valence-corrected chi connectivity index (χ0v) is 16.6. The molecule has 0 radical (unpaired) electrons. The van der Waals surface area contributed by atoms with Gasteiger partial charge < -0.3 is 9.55 Å². The van der Waals surface area contributed by atoms with Crippen molar-refractivity contribution in [1.29, 1.82) is 0 Å². The second kappa shape index (κ2) is 7.12. The molecule has 0 amide bonds. The predicted octanol–water partition coefficient (Wildman–Crippen LogP) is 6.32. The summed E-state index contributed by atoms with van der Waals surface area (Å²) in [7, 11) is 0. The van der Waals surface area contributed by atoms with Crippen molar-refractivity contribution in [3.63, 3.8) is 0 Å². The van der Waals surface area contributed by atoms with Gasteiger partial charge in [-0.15, -0.1) is 0 Å². The van der Waals surface area contributed by atoms with E-state index in [0.29, 0.717) is 21.4 Å². The molecule has 1 saturated carbocycles. The molecule has 6 heteroatoms. The molecule has 0 aliphatic heterocycles. The van der Waals surface area contributed by atoms with Gasteiger partial charge in [0.2, 0.25) is 0 Å². The number of hydrogen-bond acceptors (Lipinski definition) is 2. The van der Waals surface area contributed by atoms with Crippen molar-refractivity contribution in [2.75, 3.05) is 0 Å². The summed E-state index contributed by atoms with van der Waals surface area (Å²) in [5.41, 5.74) is 4.28. The summed E-state index contributed by atoms with van der Waals surface area (Å²) in [6.07, 6.45) is 6.59. The summed E-state index contributed by atoms with van der Waals surface area (Å²) in [4.78, 5) is 12.9. The van der Waals surface area contributed by atoms with Gasteiger partial charge >= 0.3 is 0 Å². The van der Waals surface area contributed by atoms with Crippen LogP contribution in [0.3, 0.4) is 0 Å². The van der Waals surface area contributed by atoms with Crippen LogP contribution in [0.15, 0.2) is 61.1 Å². The Morgan fingerprint density at radius 3 is 2.46 bits per heavy atom. The smallest absolute Gasteiger partial charge is 0.141 e. The molecule has 2 aromatic carbocycles. The number of aromatic amines is 1. The molecule has 0 saturated heterocycles. The van der Waals surface area contributed by atoms with Crippen molar-refractivity contribution in [3.8, 4) is 34.0 Å². The molecule has 5 rings (SSSR count). The van der Waals surface area contributed by atoms with Gasteiger partial charge in [-0.25, -0.2) is 9.97 Å². The average molecular weight is 409 g/mol. The third kappa shape index (κ3) is 3.34. The number of aromatic nitrogens is 4. The van der Waals surface area contributed by atoms with Crippen molar-refractivity contribution in [3.05, 3.63) is 71.1 Å². The first kappa shape index (κ1) is 17.5. The Hall–Kier alpha value is -2.56. The molecule has 0 spiro atoms. The largest absolute Gasteiger partial charge is 0.336 e. The Bertz CT molecular complexity index is 1110. The van der Waals surface area contributed by atoms with Crippen LogP contribution >= 0.6 is 23.2 Å². The van der Waals surface area contributed by atoms with E-state index >= 15 is 0 Å². The Morgan fingerprint density at radius 2 is 1.75 bits per heavy atom. The number of nitrogens with one attached hydrogen (secondary N) is 1. The molecular weight excluding hydrogens is 391 g/mol. The van der Waals surface area contributed by atoms with E-state index in [0.717, 1.165) is 35.1 Å². The molecule has 0 unspecified atom stereocenters. The highest BCUT2D eigenvalue weighted by Crippen LogP contribution is 2.38. The number of H-pyrrole nitrogens is 1.